The van der Waals surface area contributed by atoms with Gasteiger partial charge in [-0.25, -0.2) is 0 Å². The Labute approximate surface area is 173 Å². The monoisotopic (exact) mass is 412 g/mol. The van der Waals surface area contributed by atoms with Crippen LogP contribution in [0.5, 0.6) is 11.5 Å². The van der Waals surface area contributed by atoms with Crippen molar-refractivity contribution in [3.05, 3.63) is 22.7 Å². The Morgan fingerprint density at radius 2 is 2.07 bits per heavy atom. The van der Waals surface area contributed by atoms with Gasteiger partial charge in [0.15, 0.2) is 11.5 Å². The lowest BCUT2D eigenvalue weighted by Gasteiger charge is -2.34. The lowest BCUT2D eigenvalue weighted by atomic mass is 10.1. The van der Waals surface area contributed by atoms with Gasteiger partial charge in [-0.3, -0.25) is 9.69 Å². The fraction of sp³-hybridized carbons (Fsp3) is 0.667. The summed E-state index contributed by atoms with van der Waals surface area (Å²) in [5.41, 5.74) is 0.439. The summed E-state index contributed by atoms with van der Waals surface area (Å²) in [6.45, 7) is 13.0. The molecule has 0 saturated carbocycles. The molecule has 158 valence electrons. The molecule has 0 spiro atoms. The number of amides is 1. The molecule has 1 amide bonds. The molecule has 1 aromatic rings. The lowest BCUT2D eigenvalue weighted by Crippen LogP contribution is -2.48. The third kappa shape index (κ3) is 6.83. The van der Waals surface area contributed by atoms with Crippen LogP contribution in [0.25, 0.3) is 0 Å². The van der Waals surface area contributed by atoms with E-state index in [1.807, 2.05) is 0 Å². The zero-order valence-electron chi connectivity index (χ0n) is 17.6. The number of carbonyl (C=O) groups excluding carboxylic acids is 1. The van der Waals surface area contributed by atoms with Crippen molar-refractivity contribution in [1.82, 2.24) is 10.2 Å². The van der Waals surface area contributed by atoms with Gasteiger partial charge in [-0.2, -0.15) is 0 Å². The minimum atomic E-state index is -0.208. The molecular weight excluding hydrogens is 380 g/mol. The van der Waals surface area contributed by atoms with Crippen molar-refractivity contribution in [2.45, 2.75) is 33.8 Å². The Bertz CT molecular complexity index is 652. The predicted octanol–water partition coefficient (Wildman–Crippen LogP) is 3.47. The molecule has 0 bridgehead atoms. The van der Waals surface area contributed by atoms with E-state index >= 15 is 0 Å². The van der Waals surface area contributed by atoms with Crippen molar-refractivity contribution in [2.24, 2.45) is 11.8 Å². The first-order valence-electron chi connectivity index (χ1n) is 9.92. The van der Waals surface area contributed by atoms with Gasteiger partial charge in [0, 0.05) is 31.7 Å². The largest absolute Gasteiger partial charge is 0.493 e. The number of hydrogen-bond donors (Lipinski definition) is 1. The van der Waals surface area contributed by atoms with E-state index in [-0.39, 0.29) is 12.0 Å². The Balaban J connectivity index is 1.97. The molecule has 0 radical (unpaired) electrons. The molecule has 7 heteroatoms. The highest BCUT2D eigenvalue weighted by Crippen LogP contribution is 2.36. The molecule has 2 rings (SSSR count). The van der Waals surface area contributed by atoms with Crippen LogP contribution in [0.2, 0.25) is 5.02 Å². The van der Waals surface area contributed by atoms with Gasteiger partial charge >= 0.3 is 0 Å². The van der Waals surface area contributed by atoms with Crippen molar-refractivity contribution in [1.29, 1.82) is 0 Å². The Kier molecular flexibility index (Phi) is 8.86. The quantitative estimate of drug-likeness (QED) is 0.673. The van der Waals surface area contributed by atoms with Gasteiger partial charge < -0.3 is 19.5 Å². The second-order valence-electron chi connectivity index (χ2n) is 8.05. The molecule has 1 N–H and O–H groups in total. The third-order valence-electron chi connectivity index (χ3n) is 4.39. The van der Waals surface area contributed by atoms with Crippen LogP contribution in [0.3, 0.4) is 0 Å². The van der Waals surface area contributed by atoms with Crippen LogP contribution in [0.4, 0.5) is 0 Å². The van der Waals surface area contributed by atoms with Gasteiger partial charge in [0.05, 0.1) is 31.5 Å². The summed E-state index contributed by atoms with van der Waals surface area (Å²) < 4.78 is 16.9. The van der Waals surface area contributed by atoms with E-state index in [1.165, 1.54) is 7.11 Å². The summed E-state index contributed by atoms with van der Waals surface area (Å²) in [6, 6.07) is 3.27. The van der Waals surface area contributed by atoms with Gasteiger partial charge in [-0.05, 0) is 24.0 Å². The minimum absolute atomic E-state index is 0.0116. The third-order valence-corrected chi connectivity index (χ3v) is 4.67. The maximum absolute atomic E-state index is 12.6. The molecule has 1 heterocycles. The first-order valence-corrected chi connectivity index (χ1v) is 10.3. The average molecular weight is 413 g/mol. The summed E-state index contributed by atoms with van der Waals surface area (Å²) in [5.74, 6) is 1.68. The van der Waals surface area contributed by atoms with Gasteiger partial charge in [0.25, 0.3) is 5.91 Å². The number of rotatable bonds is 9. The van der Waals surface area contributed by atoms with Crippen molar-refractivity contribution in [3.8, 4) is 11.5 Å². The number of hydrogen-bond acceptors (Lipinski definition) is 5. The molecule has 1 aliphatic rings. The van der Waals surface area contributed by atoms with Crippen LogP contribution in [0.15, 0.2) is 12.1 Å². The van der Waals surface area contributed by atoms with Crippen LogP contribution < -0.4 is 14.8 Å². The standard InChI is InChI=1S/C21H33ClN2O4/c1-14(2)11-24-6-7-27-17(12-24)10-23-21(25)16-8-18(22)20(19(9-16)26-5)28-13-15(3)4/h8-9,14-15,17H,6-7,10-13H2,1-5H3,(H,23,25). The number of morpholine rings is 1. The average Bonchev–Trinajstić information content (AvgIpc) is 2.64. The Morgan fingerprint density at radius 1 is 1.32 bits per heavy atom. The van der Waals surface area contributed by atoms with Crippen LogP contribution in [-0.2, 0) is 4.74 Å². The number of benzene rings is 1. The minimum Gasteiger partial charge on any atom is -0.493 e. The summed E-state index contributed by atoms with van der Waals surface area (Å²) in [5, 5.41) is 3.31. The summed E-state index contributed by atoms with van der Waals surface area (Å²) in [6.07, 6.45) is -0.0116. The molecule has 0 aromatic heterocycles. The number of nitrogens with one attached hydrogen (secondary N) is 1. The number of carbonyl (C=O) groups is 1. The van der Waals surface area contributed by atoms with Crippen molar-refractivity contribution < 1.29 is 19.0 Å². The van der Waals surface area contributed by atoms with E-state index in [1.54, 1.807) is 12.1 Å². The van der Waals surface area contributed by atoms with E-state index in [2.05, 4.69) is 37.9 Å². The summed E-state index contributed by atoms with van der Waals surface area (Å²) >= 11 is 6.34. The summed E-state index contributed by atoms with van der Waals surface area (Å²) in [4.78, 5) is 15.0. The predicted molar refractivity (Wildman–Crippen MR) is 112 cm³/mol. The maximum atomic E-state index is 12.6. The smallest absolute Gasteiger partial charge is 0.251 e. The van der Waals surface area contributed by atoms with E-state index in [9.17, 15) is 4.79 Å². The lowest BCUT2D eigenvalue weighted by molar-refractivity contribution is -0.0295. The molecule has 1 unspecified atom stereocenters. The topological polar surface area (TPSA) is 60.0 Å². The number of methoxy groups -OCH3 is 1. The molecule has 1 saturated heterocycles. The van der Waals surface area contributed by atoms with E-state index in [0.717, 1.165) is 19.6 Å². The Morgan fingerprint density at radius 3 is 2.71 bits per heavy atom. The van der Waals surface area contributed by atoms with E-state index in [0.29, 0.717) is 53.7 Å². The molecule has 1 aliphatic heterocycles. The highest BCUT2D eigenvalue weighted by atomic mass is 35.5. The van der Waals surface area contributed by atoms with Crippen molar-refractivity contribution in [3.63, 3.8) is 0 Å². The highest BCUT2D eigenvalue weighted by Gasteiger charge is 2.22. The van der Waals surface area contributed by atoms with Crippen LogP contribution in [0, 0.1) is 11.8 Å². The fourth-order valence-corrected chi connectivity index (χ4v) is 3.40. The number of halogens is 1. The maximum Gasteiger partial charge on any atom is 0.251 e. The van der Waals surface area contributed by atoms with Crippen LogP contribution in [0.1, 0.15) is 38.1 Å². The van der Waals surface area contributed by atoms with E-state index in [4.69, 9.17) is 25.8 Å². The van der Waals surface area contributed by atoms with Crippen LogP contribution in [-0.4, -0.2) is 63.4 Å². The van der Waals surface area contributed by atoms with Crippen molar-refractivity contribution in [2.75, 3.05) is 46.5 Å². The zero-order chi connectivity index (χ0) is 20.7. The molecule has 1 atom stereocenters. The Hall–Kier alpha value is -1.50. The van der Waals surface area contributed by atoms with Gasteiger partial charge in [-0.15, -0.1) is 0 Å². The molecule has 1 fully saturated rings. The molecule has 0 aliphatic carbocycles. The highest BCUT2D eigenvalue weighted by molar-refractivity contribution is 6.32. The second-order valence-corrected chi connectivity index (χ2v) is 8.46. The van der Waals surface area contributed by atoms with Gasteiger partial charge in [0.1, 0.15) is 0 Å². The van der Waals surface area contributed by atoms with Crippen LogP contribution >= 0.6 is 11.6 Å². The summed E-state index contributed by atoms with van der Waals surface area (Å²) in [7, 11) is 1.54. The molecular formula is C21H33ClN2O4. The number of nitrogens with zero attached hydrogens (tertiary/aromatic N) is 1. The molecule has 6 nitrogen and oxygen atoms in total. The first-order chi connectivity index (χ1) is 13.3. The zero-order valence-corrected chi connectivity index (χ0v) is 18.3. The molecule has 1 aromatic carbocycles. The van der Waals surface area contributed by atoms with Crippen molar-refractivity contribution >= 4 is 17.5 Å². The van der Waals surface area contributed by atoms with Gasteiger partial charge in [0.2, 0.25) is 0 Å². The normalized spacial score (nSPS) is 17.8. The number of ether oxygens (including phenoxy) is 3. The SMILES string of the molecule is COc1cc(C(=O)NCC2CN(CC(C)C)CCO2)cc(Cl)c1OCC(C)C. The second kappa shape index (κ2) is 10.9. The fourth-order valence-electron chi connectivity index (χ4n) is 3.14. The van der Waals surface area contributed by atoms with Gasteiger partial charge in [-0.1, -0.05) is 39.3 Å². The van der Waals surface area contributed by atoms with E-state index < -0.39 is 0 Å². The first kappa shape index (κ1) is 22.8. The molecule has 28 heavy (non-hydrogen) atoms.